The van der Waals surface area contributed by atoms with E-state index in [1.807, 2.05) is 0 Å². The highest BCUT2D eigenvalue weighted by Crippen LogP contribution is 2.21. The first kappa shape index (κ1) is 47.5. The van der Waals surface area contributed by atoms with Crippen LogP contribution < -0.4 is 0 Å². The van der Waals surface area contributed by atoms with Crippen LogP contribution in [0, 0.1) is 0 Å². The van der Waals surface area contributed by atoms with Crippen LogP contribution in [0.2, 0.25) is 0 Å². The molecule has 0 atom stereocenters. The molecule has 0 aromatic heterocycles. The Hall–Kier alpha value is -0.420. The molecule has 4 nitrogen and oxygen atoms in total. The summed E-state index contributed by atoms with van der Waals surface area (Å²) in [5.74, 6) is 0. The van der Waals surface area contributed by atoms with Crippen LogP contribution in [0.3, 0.4) is 0 Å². The average Bonchev–Trinajstić information content (AvgIpc) is 3.29. The van der Waals surface area contributed by atoms with E-state index >= 15 is 0 Å². The van der Waals surface area contributed by atoms with Gasteiger partial charge in [0.05, 0.1) is 0 Å². The highest BCUT2D eigenvalue weighted by Gasteiger charge is 2.26. The second-order valence-electron chi connectivity index (χ2n) is 15.5. The fourth-order valence-corrected chi connectivity index (χ4v) is 5.14. The van der Waals surface area contributed by atoms with Crippen LogP contribution in [-0.2, 0) is 0 Å². The minimum absolute atomic E-state index is 0. The number of hydrogen-bond donors (Lipinski definition) is 0. The molecule has 3 fully saturated rings. The zero-order valence-electron chi connectivity index (χ0n) is 27.6. The van der Waals surface area contributed by atoms with Crippen LogP contribution >= 0.6 is 0 Å². The highest BCUT2D eigenvalue weighted by atomic mass is 15.2. The van der Waals surface area contributed by atoms with Crippen LogP contribution in [0.1, 0.15) is 158 Å². The van der Waals surface area contributed by atoms with Crippen molar-refractivity contribution in [2.24, 2.45) is 0 Å². The number of piperidine rings is 2. The summed E-state index contributed by atoms with van der Waals surface area (Å²) in [5.41, 5.74) is 1.59. The van der Waals surface area contributed by atoms with Crippen molar-refractivity contribution < 1.29 is 0 Å². The van der Waals surface area contributed by atoms with Gasteiger partial charge in [-0.2, -0.15) is 0 Å². The Morgan fingerprint density at radius 1 is 0.317 bits per heavy atom. The molecule has 0 N–H and O–H groups in total. The van der Waals surface area contributed by atoms with Gasteiger partial charge >= 0.3 is 0 Å². The summed E-state index contributed by atoms with van der Waals surface area (Å²) in [6, 6.07) is 0. The first-order chi connectivity index (χ1) is 16.9. The van der Waals surface area contributed by atoms with Gasteiger partial charge in [0, 0.05) is 35.2 Å². The zero-order valence-corrected chi connectivity index (χ0v) is 27.6. The van der Waals surface area contributed by atoms with E-state index in [0.717, 1.165) is 13.1 Å². The lowest BCUT2D eigenvalue weighted by Gasteiger charge is -2.42. The molecule has 3 saturated heterocycles. The fraction of sp³-hybridized carbons (Fsp3) is 0.946. The molecule has 4 rings (SSSR count). The fourth-order valence-electron chi connectivity index (χ4n) is 5.14. The summed E-state index contributed by atoms with van der Waals surface area (Å²) in [4.78, 5) is 10.1. The molecule has 0 amide bonds. The second kappa shape index (κ2) is 21.3. The van der Waals surface area contributed by atoms with Gasteiger partial charge < -0.3 is 0 Å². The Bertz CT molecular complexity index is 575. The van der Waals surface area contributed by atoms with E-state index in [9.17, 15) is 0 Å². The van der Waals surface area contributed by atoms with Gasteiger partial charge in [0.1, 0.15) is 0 Å². The van der Waals surface area contributed by atoms with Crippen molar-refractivity contribution in [3.8, 4) is 0 Å². The normalized spacial score (nSPS) is 20.4. The predicted octanol–water partition coefficient (Wildman–Crippen LogP) is 10.2. The van der Waals surface area contributed by atoms with Gasteiger partial charge in [0.15, 0.2) is 0 Å². The number of rotatable bonds is 0. The molecule has 41 heavy (non-hydrogen) atoms. The van der Waals surface area contributed by atoms with Gasteiger partial charge in [0.2, 0.25) is 0 Å². The van der Waals surface area contributed by atoms with Gasteiger partial charge in [-0.3, -0.25) is 19.6 Å². The molecule has 0 bridgehead atoms. The monoisotopic (exact) mass is 585 g/mol. The van der Waals surface area contributed by atoms with Crippen LogP contribution in [0.25, 0.3) is 0 Å². The van der Waals surface area contributed by atoms with E-state index in [4.69, 9.17) is 0 Å². The Kier molecular flexibility index (Phi) is 24.7. The molecule has 4 aliphatic rings. The predicted molar refractivity (Wildman–Crippen MR) is 194 cm³/mol. The summed E-state index contributed by atoms with van der Waals surface area (Å²) < 4.78 is 0. The minimum atomic E-state index is 0. The number of likely N-dealkylation sites (tertiary alicyclic amines) is 3. The molecule has 0 spiro atoms. The lowest BCUT2D eigenvalue weighted by Crippen LogP contribution is -2.49. The standard InChI is InChI=1S/2C9H19N.C8H15N.C7H15N.4CH4/c2*1-9(2,3)10-7-5-4-6-8-10;1-8(2,3)9-6-4-5-7-9;1-7(2,3)8-5-4-6-8;;;;/h2*4-8H2,1-3H3;4-5H,6-7H2,1-3H3;4-6H2,1-3H3;4*1H4. The first-order valence-corrected chi connectivity index (χ1v) is 15.6. The van der Waals surface area contributed by atoms with Crippen molar-refractivity contribution in [1.29, 1.82) is 0 Å². The Labute approximate surface area is 263 Å². The lowest BCUT2D eigenvalue weighted by atomic mass is 10.0. The third kappa shape index (κ3) is 20.2. The molecule has 252 valence electrons. The summed E-state index contributed by atoms with van der Waals surface area (Å²) in [6.45, 7) is 37.5. The third-order valence-corrected chi connectivity index (χ3v) is 8.18. The van der Waals surface area contributed by atoms with Gasteiger partial charge in [-0.05, 0) is 154 Å². The Morgan fingerprint density at radius 3 is 0.659 bits per heavy atom. The van der Waals surface area contributed by atoms with Gasteiger partial charge in [-0.1, -0.05) is 54.7 Å². The maximum Gasteiger partial charge on any atom is 0.0172 e. The van der Waals surface area contributed by atoms with E-state index in [1.165, 1.54) is 84.2 Å². The number of nitrogens with zero attached hydrogens (tertiary/aromatic N) is 4. The molecule has 4 heteroatoms. The SMILES string of the molecule is C.C.C.C.CC(C)(C)N1CC=CC1.CC(C)(C)N1CCC1.CC(C)(C)N1CCCCC1.CC(C)(C)N1CCCCC1. The van der Waals surface area contributed by atoms with Crippen LogP contribution in [-0.4, -0.2) is 94.1 Å². The third-order valence-electron chi connectivity index (χ3n) is 8.18. The largest absolute Gasteiger partial charge is 0.298 e. The van der Waals surface area contributed by atoms with Crippen molar-refractivity contribution in [2.75, 3.05) is 52.4 Å². The minimum Gasteiger partial charge on any atom is -0.298 e. The van der Waals surface area contributed by atoms with Crippen molar-refractivity contribution in [1.82, 2.24) is 19.6 Å². The summed E-state index contributed by atoms with van der Waals surface area (Å²) in [5, 5.41) is 0. The van der Waals surface area contributed by atoms with E-state index in [-0.39, 0.29) is 29.7 Å². The van der Waals surface area contributed by atoms with Crippen LogP contribution in [0.15, 0.2) is 12.2 Å². The molecule has 0 unspecified atom stereocenters. The van der Waals surface area contributed by atoms with Crippen molar-refractivity contribution >= 4 is 0 Å². The Balaban J connectivity index is -0.000000216. The van der Waals surface area contributed by atoms with Crippen LogP contribution in [0.4, 0.5) is 0 Å². The Morgan fingerprint density at radius 2 is 0.537 bits per heavy atom. The molecular formula is C37H84N4. The maximum absolute atomic E-state index is 2.58. The maximum atomic E-state index is 2.58. The summed E-state index contributed by atoms with van der Waals surface area (Å²) in [6.07, 6.45) is 14.3. The molecular weight excluding hydrogens is 500 g/mol. The van der Waals surface area contributed by atoms with Crippen LogP contribution in [0.5, 0.6) is 0 Å². The quantitative estimate of drug-likeness (QED) is 0.263. The molecule has 4 heterocycles. The lowest BCUT2D eigenvalue weighted by molar-refractivity contribution is 0.0690. The second-order valence-corrected chi connectivity index (χ2v) is 15.5. The molecule has 0 aromatic carbocycles. The first-order valence-electron chi connectivity index (χ1n) is 15.6. The van der Waals surface area contributed by atoms with Crippen molar-refractivity contribution in [3.63, 3.8) is 0 Å². The molecule has 4 aliphatic heterocycles. The highest BCUT2D eigenvalue weighted by molar-refractivity contribution is 4.99. The topological polar surface area (TPSA) is 13.0 Å². The van der Waals surface area contributed by atoms with E-state index < -0.39 is 0 Å². The van der Waals surface area contributed by atoms with Gasteiger partial charge in [0.25, 0.3) is 0 Å². The molecule has 0 saturated carbocycles. The van der Waals surface area contributed by atoms with E-state index in [1.54, 1.807) is 0 Å². The van der Waals surface area contributed by atoms with E-state index in [2.05, 4.69) is 115 Å². The van der Waals surface area contributed by atoms with Gasteiger partial charge in [-0.25, -0.2) is 0 Å². The van der Waals surface area contributed by atoms with E-state index in [0.29, 0.717) is 22.2 Å². The molecule has 0 radical (unpaired) electrons. The zero-order chi connectivity index (χ0) is 28.3. The number of hydrogen-bond acceptors (Lipinski definition) is 4. The van der Waals surface area contributed by atoms with Crippen molar-refractivity contribution in [2.45, 2.75) is 180 Å². The average molecular weight is 585 g/mol. The van der Waals surface area contributed by atoms with Crippen molar-refractivity contribution in [3.05, 3.63) is 12.2 Å². The molecule has 0 aliphatic carbocycles. The van der Waals surface area contributed by atoms with Gasteiger partial charge in [-0.15, -0.1) is 0 Å². The molecule has 0 aromatic rings. The smallest absolute Gasteiger partial charge is 0.0172 e. The summed E-state index contributed by atoms with van der Waals surface area (Å²) in [7, 11) is 0. The summed E-state index contributed by atoms with van der Waals surface area (Å²) >= 11 is 0.